The van der Waals surface area contributed by atoms with Crippen LogP contribution in [-0.4, -0.2) is 15.1 Å². The van der Waals surface area contributed by atoms with Gasteiger partial charge in [-0.1, -0.05) is 0 Å². The second-order valence-corrected chi connectivity index (χ2v) is 5.04. The predicted octanol–water partition coefficient (Wildman–Crippen LogP) is 2.70. The van der Waals surface area contributed by atoms with Gasteiger partial charge < -0.3 is 15.1 Å². The molecule has 22 heavy (non-hydrogen) atoms. The summed E-state index contributed by atoms with van der Waals surface area (Å²) in [6.07, 6.45) is 4.71. The van der Waals surface area contributed by atoms with Gasteiger partial charge in [0.1, 0.15) is 5.58 Å². The van der Waals surface area contributed by atoms with Gasteiger partial charge in [0.25, 0.3) is 0 Å². The predicted molar refractivity (Wildman–Crippen MR) is 89.1 cm³/mol. The summed E-state index contributed by atoms with van der Waals surface area (Å²) in [5.41, 5.74) is 1.72. The number of nitrogens with zero attached hydrogens (tertiary/aromatic N) is 2. The summed E-state index contributed by atoms with van der Waals surface area (Å²) in [5, 5.41) is 7.18. The zero-order valence-electron chi connectivity index (χ0n) is 11.7. The Labute approximate surface area is 131 Å². The molecule has 6 nitrogen and oxygen atoms in total. The molecule has 0 spiro atoms. The first kappa shape index (κ1) is 14.2. The molecule has 3 aromatic rings. The molecule has 2 aromatic heterocycles. The number of thiocarbonyl (C=S) groups is 1. The fourth-order valence-corrected chi connectivity index (χ4v) is 2.27. The molecule has 2 heterocycles. The standard InChI is InChI=1S/C15H12N4O2S/c1-9-6-14(20)21-12-7-10(2-3-11(9)12)18-15(22)19-13-8-16-4-5-17-13/h2-8H,1H3,(H2,17,18,19,22). The summed E-state index contributed by atoms with van der Waals surface area (Å²) in [6.45, 7) is 1.87. The van der Waals surface area contributed by atoms with E-state index in [0.717, 1.165) is 10.9 Å². The van der Waals surface area contributed by atoms with Crippen LogP contribution in [0, 0.1) is 6.92 Å². The SMILES string of the molecule is Cc1cc(=O)oc2cc(NC(=S)Nc3cnccn3)ccc12. The van der Waals surface area contributed by atoms with Gasteiger partial charge in [-0.15, -0.1) is 0 Å². The van der Waals surface area contributed by atoms with Crippen LogP contribution in [0.25, 0.3) is 11.0 Å². The van der Waals surface area contributed by atoms with Crippen molar-refractivity contribution in [3.8, 4) is 0 Å². The Morgan fingerprint density at radius 3 is 2.86 bits per heavy atom. The molecule has 0 atom stereocenters. The van der Waals surface area contributed by atoms with E-state index in [1.807, 2.05) is 19.1 Å². The maximum atomic E-state index is 11.4. The first-order valence-electron chi connectivity index (χ1n) is 6.50. The molecule has 0 aliphatic rings. The van der Waals surface area contributed by atoms with Crippen LogP contribution in [0.1, 0.15) is 5.56 Å². The van der Waals surface area contributed by atoms with E-state index in [9.17, 15) is 4.79 Å². The highest BCUT2D eigenvalue weighted by molar-refractivity contribution is 7.80. The van der Waals surface area contributed by atoms with Crippen molar-refractivity contribution < 1.29 is 4.42 Å². The van der Waals surface area contributed by atoms with Crippen LogP contribution in [0.5, 0.6) is 0 Å². The van der Waals surface area contributed by atoms with Crippen molar-refractivity contribution in [3.05, 3.63) is 58.8 Å². The highest BCUT2D eigenvalue weighted by Gasteiger charge is 2.05. The largest absolute Gasteiger partial charge is 0.423 e. The molecular weight excluding hydrogens is 300 g/mol. The zero-order chi connectivity index (χ0) is 15.5. The van der Waals surface area contributed by atoms with Gasteiger partial charge in [-0.2, -0.15) is 0 Å². The van der Waals surface area contributed by atoms with Crippen LogP contribution >= 0.6 is 12.2 Å². The van der Waals surface area contributed by atoms with Crippen LogP contribution in [0.4, 0.5) is 11.5 Å². The lowest BCUT2D eigenvalue weighted by molar-refractivity contribution is 0.560. The van der Waals surface area contributed by atoms with E-state index in [-0.39, 0.29) is 5.63 Å². The molecule has 0 bridgehead atoms. The fraction of sp³-hybridized carbons (Fsp3) is 0.0667. The highest BCUT2D eigenvalue weighted by atomic mass is 32.1. The Hall–Kier alpha value is -2.80. The van der Waals surface area contributed by atoms with E-state index in [1.165, 1.54) is 6.07 Å². The van der Waals surface area contributed by atoms with E-state index in [1.54, 1.807) is 24.7 Å². The molecule has 2 N–H and O–H groups in total. The number of hydrogen-bond acceptors (Lipinski definition) is 5. The number of rotatable bonds is 2. The van der Waals surface area contributed by atoms with Crippen molar-refractivity contribution in [2.75, 3.05) is 10.6 Å². The zero-order valence-corrected chi connectivity index (χ0v) is 12.5. The summed E-state index contributed by atoms with van der Waals surface area (Å²) in [6, 6.07) is 6.94. The number of hydrogen-bond donors (Lipinski definition) is 2. The highest BCUT2D eigenvalue weighted by Crippen LogP contribution is 2.20. The van der Waals surface area contributed by atoms with Crippen molar-refractivity contribution in [2.45, 2.75) is 6.92 Å². The van der Waals surface area contributed by atoms with Gasteiger partial charge in [0, 0.05) is 35.6 Å². The van der Waals surface area contributed by atoms with Crippen LogP contribution < -0.4 is 16.3 Å². The summed E-state index contributed by atoms with van der Waals surface area (Å²) >= 11 is 5.21. The molecule has 0 radical (unpaired) electrons. The lowest BCUT2D eigenvalue weighted by Crippen LogP contribution is -2.19. The minimum atomic E-state index is -0.373. The van der Waals surface area contributed by atoms with E-state index >= 15 is 0 Å². The van der Waals surface area contributed by atoms with E-state index < -0.39 is 0 Å². The number of anilines is 2. The van der Waals surface area contributed by atoms with E-state index in [2.05, 4.69) is 20.6 Å². The quantitative estimate of drug-likeness (QED) is 0.556. The van der Waals surface area contributed by atoms with Crippen molar-refractivity contribution in [3.63, 3.8) is 0 Å². The number of fused-ring (bicyclic) bond motifs is 1. The maximum Gasteiger partial charge on any atom is 0.336 e. The lowest BCUT2D eigenvalue weighted by atomic mass is 10.1. The van der Waals surface area contributed by atoms with Crippen molar-refractivity contribution in [2.24, 2.45) is 0 Å². The molecular formula is C15H12N4O2S. The Balaban J connectivity index is 1.82. The molecule has 0 saturated heterocycles. The third-order valence-electron chi connectivity index (χ3n) is 3.01. The summed E-state index contributed by atoms with van der Waals surface area (Å²) in [5.74, 6) is 0.545. The summed E-state index contributed by atoms with van der Waals surface area (Å²) in [4.78, 5) is 19.5. The van der Waals surface area contributed by atoms with E-state index in [4.69, 9.17) is 16.6 Å². The molecule has 7 heteroatoms. The molecule has 0 fully saturated rings. The average Bonchev–Trinajstić information content (AvgIpc) is 2.47. The van der Waals surface area contributed by atoms with Gasteiger partial charge in [-0.05, 0) is 36.8 Å². The molecule has 0 aliphatic heterocycles. The van der Waals surface area contributed by atoms with Gasteiger partial charge in [0.2, 0.25) is 0 Å². The molecule has 3 rings (SSSR count). The van der Waals surface area contributed by atoms with Crippen molar-refractivity contribution in [1.29, 1.82) is 0 Å². The van der Waals surface area contributed by atoms with Crippen molar-refractivity contribution >= 4 is 39.8 Å². The Bertz CT molecular complexity index is 893. The Morgan fingerprint density at radius 2 is 2.09 bits per heavy atom. The minimum Gasteiger partial charge on any atom is -0.423 e. The van der Waals surface area contributed by atoms with Gasteiger partial charge in [-0.25, -0.2) is 9.78 Å². The second kappa shape index (κ2) is 5.90. The smallest absolute Gasteiger partial charge is 0.336 e. The molecule has 0 unspecified atom stereocenters. The number of nitrogens with one attached hydrogen (secondary N) is 2. The number of benzene rings is 1. The normalized spacial score (nSPS) is 10.4. The number of aromatic nitrogens is 2. The molecule has 0 saturated carbocycles. The molecule has 0 aliphatic carbocycles. The molecule has 110 valence electrons. The topological polar surface area (TPSA) is 80.0 Å². The van der Waals surface area contributed by atoms with Gasteiger partial charge >= 0.3 is 5.63 Å². The minimum absolute atomic E-state index is 0.370. The lowest BCUT2D eigenvalue weighted by Gasteiger charge is -2.10. The first-order chi connectivity index (χ1) is 10.6. The number of aryl methyl sites for hydroxylation is 1. The monoisotopic (exact) mass is 312 g/mol. The van der Waals surface area contributed by atoms with Gasteiger partial charge in [0.15, 0.2) is 10.9 Å². The molecule has 1 aromatic carbocycles. The van der Waals surface area contributed by atoms with Crippen molar-refractivity contribution in [1.82, 2.24) is 9.97 Å². The molecule has 0 amide bonds. The summed E-state index contributed by atoms with van der Waals surface area (Å²) in [7, 11) is 0. The van der Waals surface area contributed by atoms with Gasteiger partial charge in [-0.3, -0.25) is 4.98 Å². The third-order valence-corrected chi connectivity index (χ3v) is 3.22. The van der Waals surface area contributed by atoms with Gasteiger partial charge in [0.05, 0.1) is 6.20 Å². The van der Waals surface area contributed by atoms with Crippen LogP contribution in [0.2, 0.25) is 0 Å². The van der Waals surface area contributed by atoms with Crippen LogP contribution in [-0.2, 0) is 0 Å². The first-order valence-corrected chi connectivity index (χ1v) is 6.91. The third kappa shape index (κ3) is 3.09. The summed E-state index contributed by atoms with van der Waals surface area (Å²) < 4.78 is 5.20. The van der Waals surface area contributed by atoms with Crippen LogP contribution in [0.15, 0.2) is 52.1 Å². The van der Waals surface area contributed by atoms with E-state index in [0.29, 0.717) is 22.2 Å². The average molecular weight is 312 g/mol. The second-order valence-electron chi connectivity index (χ2n) is 4.63. The van der Waals surface area contributed by atoms with Crippen LogP contribution in [0.3, 0.4) is 0 Å². The Kier molecular flexibility index (Phi) is 3.80. The maximum absolute atomic E-state index is 11.4. The fourth-order valence-electron chi connectivity index (χ4n) is 2.04. The Morgan fingerprint density at radius 1 is 1.23 bits per heavy atom.